The van der Waals surface area contributed by atoms with Crippen LogP contribution in [0.25, 0.3) is 28.0 Å². The molecule has 0 N–H and O–H groups in total. The molecule has 1 aromatic carbocycles. The molecule has 0 atom stereocenters. The zero-order chi connectivity index (χ0) is 12.3. The number of hydrogen-bond donors (Lipinski definition) is 0. The number of benzene rings is 1. The van der Waals surface area contributed by atoms with E-state index < -0.39 is 0 Å². The number of aromatic nitrogens is 4. The van der Waals surface area contributed by atoms with E-state index in [0.717, 1.165) is 5.52 Å². The Morgan fingerprint density at radius 1 is 1.28 bits per heavy atom. The maximum atomic E-state index is 12.4. The lowest BCUT2D eigenvalue weighted by Crippen LogP contribution is -2.13. The molecule has 3 heterocycles. The molecule has 0 spiro atoms. The summed E-state index contributed by atoms with van der Waals surface area (Å²) in [5.41, 5.74) is 1.73. The number of aryl methyl sites for hydroxylation is 1. The third-order valence-electron chi connectivity index (χ3n) is 3.04. The molecule has 0 saturated heterocycles. The highest BCUT2D eigenvalue weighted by Crippen LogP contribution is 2.18. The van der Waals surface area contributed by atoms with Crippen LogP contribution >= 0.6 is 0 Å². The standard InChI is InChI=1S/C12H8N4O2/c1-15-10-7(6-13-15)11(17)16-8-4-2-3-5-9(8)18-12(16)14-10/h2-6H,1H3. The molecule has 0 aliphatic carbocycles. The van der Waals surface area contributed by atoms with Gasteiger partial charge in [0.25, 0.3) is 5.56 Å². The summed E-state index contributed by atoms with van der Waals surface area (Å²) in [7, 11) is 1.74. The van der Waals surface area contributed by atoms with Crippen LogP contribution in [0.5, 0.6) is 0 Å². The van der Waals surface area contributed by atoms with Gasteiger partial charge in [-0.2, -0.15) is 10.1 Å². The minimum absolute atomic E-state index is 0.159. The van der Waals surface area contributed by atoms with Gasteiger partial charge in [-0.25, -0.2) is 4.40 Å². The third-order valence-corrected chi connectivity index (χ3v) is 3.04. The van der Waals surface area contributed by atoms with E-state index in [1.807, 2.05) is 24.3 Å². The summed E-state index contributed by atoms with van der Waals surface area (Å²) in [5, 5.41) is 4.53. The fourth-order valence-corrected chi connectivity index (χ4v) is 2.17. The van der Waals surface area contributed by atoms with E-state index in [1.165, 1.54) is 10.6 Å². The van der Waals surface area contributed by atoms with E-state index in [4.69, 9.17) is 4.42 Å². The van der Waals surface area contributed by atoms with Crippen molar-refractivity contribution in [2.45, 2.75) is 0 Å². The van der Waals surface area contributed by atoms with Crippen LogP contribution in [0, 0.1) is 0 Å². The minimum Gasteiger partial charge on any atom is -0.423 e. The Morgan fingerprint density at radius 2 is 2.11 bits per heavy atom. The molecule has 4 rings (SSSR count). The Balaban J connectivity index is 2.39. The smallest absolute Gasteiger partial charge is 0.311 e. The summed E-state index contributed by atoms with van der Waals surface area (Å²) in [5.74, 6) is 0.289. The molecule has 0 amide bonds. The molecule has 3 aromatic heterocycles. The highest BCUT2D eigenvalue weighted by atomic mass is 16.4. The first-order chi connectivity index (χ1) is 8.75. The molecule has 0 radical (unpaired) electrons. The van der Waals surface area contributed by atoms with Crippen molar-refractivity contribution < 1.29 is 4.42 Å². The molecular formula is C12H8N4O2. The monoisotopic (exact) mass is 240 g/mol. The Hall–Kier alpha value is -2.63. The van der Waals surface area contributed by atoms with Crippen molar-refractivity contribution in [3.05, 3.63) is 40.8 Å². The fourth-order valence-electron chi connectivity index (χ4n) is 2.17. The van der Waals surface area contributed by atoms with Gasteiger partial charge < -0.3 is 4.42 Å². The SMILES string of the molecule is Cn1ncc2c(=O)n3c(nc21)oc1ccccc13. The van der Waals surface area contributed by atoms with E-state index >= 15 is 0 Å². The molecule has 0 aliphatic rings. The van der Waals surface area contributed by atoms with Crippen LogP contribution in [0.1, 0.15) is 0 Å². The Morgan fingerprint density at radius 3 is 3.00 bits per heavy atom. The highest BCUT2D eigenvalue weighted by Gasteiger charge is 2.14. The van der Waals surface area contributed by atoms with Crippen LogP contribution in [0.4, 0.5) is 0 Å². The van der Waals surface area contributed by atoms with Crippen LogP contribution in [-0.2, 0) is 7.05 Å². The maximum Gasteiger partial charge on any atom is 0.311 e. The number of nitrogens with zero attached hydrogens (tertiary/aromatic N) is 4. The molecule has 0 unspecified atom stereocenters. The predicted octanol–water partition coefficient (Wildman–Crippen LogP) is 1.33. The van der Waals surface area contributed by atoms with Gasteiger partial charge in [-0.3, -0.25) is 9.48 Å². The number of rotatable bonds is 0. The molecule has 18 heavy (non-hydrogen) atoms. The molecule has 0 fully saturated rings. The van der Waals surface area contributed by atoms with Crippen LogP contribution < -0.4 is 5.56 Å². The average Bonchev–Trinajstić information content (AvgIpc) is 2.92. The summed E-state index contributed by atoms with van der Waals surface area (Å²) in [6.45, 7) is 0. The number of hydrogen-bond acceptors (Lipinski definition) is 4. The van der Waals surface area contributed by atoms with Crippen molar-refractivity contribution in [3.63, 3.8) is 0 Å². The lowest BCUT2D eigenvalue weighted by molar-refractivity contribution is 0.634. The summed E-state index contributed by atoms with van der Waals surface area (Å²) < 4.78 is 8.61. The van der Waals surface area contributed by atoms with Gasteiger partial charge >= 0.3 is 5.84 Å². The van der Waals surface area contributed by atoms with Gasteiger partial charge in [-0.1, -0.05) is 12.1 Å². The number of fused-ring (bicyclic) bond motifs is 4. The Bertz CT molecular complexity index is 961. The summed E-state index contributed by atoms with van der Waals surface area (Å²) in [4.78, 5) is 16.7. The van der Waals surface area contributed by atoms with Gasteiger partial charge in [-0.05, 0) is 12.1 Å². The average molecular weight is 240 g/mol. The largest absolute Gasteiger partial charge is 0.423 e. The van der Waals surface area contributed by atoms with Crippen LogP contribution in [-0.4, -0.2) is 19.2 Å². The molecule has 0 saturated carbocycles. The van der Waals surface area contributed by atoms with Crippen molar-refractivity contribution in [2.75, 3.05) is 0 Å². The molecule has 88 valence electrons. The van der Waals surface area contributed by atoms with Crippen molar-refractivity contribution in [1.29, 1.82) is 0 Å². The molecule has 6 heteroatoms. The van der Waals surface area contributed by atoms with E-state index in [2.05, 4.69) is 10.1 Å². The predicted molar refractivity (Wildman–Crippen MR) is 65.5 cm³/mol. The number of para-hydroxylation sites is 2. The van der Waals surface area contributed by atoms with E-state index in [-0.39, 0.29) is 11.4 Å². The molecule has 0 aliphatic heterocycles. The highest BCUT2D eigenvalue weighted by molar-refractivity contribution is 5.81. The lowest BCUT2D eigenvalue weighted by atomic mass is 10.3. The summed E-state index contributed by atoms with van der Waals surface area (Å²) in [6.07, 6.45) is 1.53. The second-order valence-electron chi connectivity index (χ2n) is 4.11. The van der Waals surface area contributed by atoms with Gasteiger partial charge in [0.05, 0.1) is 11.7 Å². The summed E-state index contributed by atoms with van der Waals surface area (Å²) >= 11 is 0. The van der Waals surface area contributed by atoms with E-state index in [1.54, 1.807) is 11.7 Å². The van der Waals surface area contributed by atoms with E-state index in [0.29, 0.717) is 16.6 Å². The molecule has 4 aromatic rings. The minimum atomic E-state index is -0.159. The zero-order valence-electron chi connectivity index (χ0n) is 9.49. The van der Waals surface area contributed by atoms with Crippen molar-refractivity contribution in [1.82, 2.24) is 19.2 Å². The molecule has 6 nitrogen and oxygen atoms in total. The normalized spacial score (nSPS) is 11.8. The first kappa shape index (κ1) is 9.41. The van der Waals surface area contributed by atoms with Gasteiger partial charge in [-0.15, -0.1) is 0 Å². The van der Waals surface area contributed by atoms with Crippen molar-refractivity contribution in [3.8, 4) is 0 Å². The molecule has 0 bridgehead atoms. The second-order valence-corrected chi connectivity index (χ2v) is 4.11. The summed E-state index contributed by atoms with van der Waals surface area (Å²) in [6, 6.07) is 7.36. The number of oxazole rings is 1. The van der Waals surface area contributed by atoms with Crippen LogP contribution in [0.15, 0.2) is 39.7 Å². The van der Waals surface area contributed by atoms with Gasteiger partial charge in [0.1, 0.15) is 5.39 Å². The van der Waals surface area contributed by atoms with Gasteiger partial charge in [0.2, 0.25) is 0 Å². The van der Waals surface area contributed by atoms with Gasteiger partial charge in [0, 0.05) is 7.05 Å². The van der Waals surface area contributed by atoms with E-state index in [9.17, 15) is 4.79 Å². The lowest BCUT2D eigenvalue weighted by Gasteiger charge is -1.94. The molecular weight excluding hydrogens is 232 g/mol. The van der Waals surface area contributed by atoms with Crippen molar-refractivity contribution >= 4 is 28.0 Å². The van der Waals surface area contributed by atoms with Crippen molar-refractivity contribution in [2.24, 2.45) is 7.05 Å². The maximum absolute atomic E-state index is 12.4. The third kappa shape index (κ3) is 0.994. The first-order valence-electron chi connectivity index (χ1n) is 5.48. The second kappa shape index (κ2) is 2.98. The zero-order valence-corrected chi connectivity index (χ0v) is 9.49. The van der Waals surface area contributed by atoms with Crippen LogP contribution in [0.3, 0.4) is 0 Å². The first-order valence-corrected chi connectivity index (χ1v) is 5.48. The van der Waals surface area contributed by atoms with Crippen LogP contribution in [0.2, 0.25) is 0 Å². The fraction of sp³-hybridized carbons (Fsp3) is 0.0833. The topological polar surface area (TPSA) is 65.3 Å². The van der Waals surface area contributed by atoms with Gasteiger partial charge in [0.15, 0.2) is 11.2 Å². The Labute approximate surface area is 100 Å². The Kier molecular flexibility index (Phi) is 1.56. The quantitative estimate of drug-likeness (QED) is 0.465.